The Bertz CT molecular complexity index is 984. The molecule has 1 heterocycles. The predicted molar refractivity (Wildman–Crippen MR) is 130 cm³/mol. The third kappa shape index (κ3) is 6.06. The van der Waals surface area contributed by atoms with Crippen LogP contribution in [0.1, 0.15) is 57.4 Å². The van der Waals surface area contributed by atoms with E-state index in [0.717, 1.165) is 17.7 Å². The van der Waals surface area contributed by atoms with Gasteiger partial charge in [-0.25, -0.2) is 0 Å². The maximum atomic E-state index is 12.9. The highest BCUT2D eigenvalue weighted by Gasteiger charge is 2.31. The molecule has 4 rings (SSSR count). The molecule has 1 aliphatic heterocycles. The second kappa shape index (κ2) is 10.7. The Morgan fingerprint density at radius 2 is 1.97 bits per heavy atom. The van der Waals surface area contributed by atoms with Gasteiger partial charge in [-0.1, -0.05) is 44.2 Å². The molecular weight excluding hydrogens is 416 g/mol. The number of anilines is 2. The van der Waals surface area contributed by atoms with E-state index in [9.17, 15) is 9.59 Å². The van der Waals surface area contributed by atoms with Crippen LogP contribution >= 0.6 is 0 Å². The maximum absolute atomic E-state index is 12.9. The van der Waals surface area contributed by atoms with Crippen molar-refractivity contribution >= 4 is 23.2 Å². The number of fused-ring (bicyclic) bond motifs is 1. The molecule has 2 aliphatic rings. The lowest BCUT2D eigenvalue weighted by Gasteiger charge is -2.33. The molecule has 1 saturated carbocycles. The lowest BCUT2D eigenvalue weighted by atomic mass is 9.86. The van der Waals surface area contributed by atoms with Gasteiger partial charge in [-0.3, -0.25) is 9.59 Å². The molecule has 1 aliphatic carbocycles. The van der Waals surface area contributed by atoms with E-state index in [-0.39, 0.29) is 11.8 Å². The summed E-state index contributed by atoms with van der Waals surface area (Å²) in [5.41, 5.74) is 2.46. The third-order valence-corrected chi connectivity index (χ3v) is 6.53. The fourth-order valence-electron chi connectivity index (χ4n) is 4.71. The highest BCUT2D eigenvalue weighted by molar-refractivity contribution is 6.01. The molecule has 0 bridgehead atoms. The zero-order valence-corrected chi connectivity index (χ0v) is 19.6. The van der Waals surface area contributed by atoms with Crippen LogP contribution in [0.25, 0.3) is 0 Å². The zero-order valence-electron chi connectivity index (χ0n) is 19.6. The quantitative estimate of drug-likeness (QED) is 0.578. The Kier molecular flexibility index (Phi) is 7.53. The Balaban J connectivity index is 1.39. The number of amides is 2. The van der Waals surface area contributed by atoms with Crippen molar-refractivity contribution in [1.29, 1.82) is 0 Å². The first-order valence-electron chi connectivity index (χ1n) is 12.1. The van der Waals surface area contributed by atoms with Crippen LogP contribution in [0.2, 0.25) is 0 Å². The lowest BCUT2D eigenvalue weighted by Crippen LogP contribution is -2.46. The molecule has 0 spiro atoms. The average Bonchev–Trinajstić information content (AvgIpc) is 2.81. The van der Waals surface area contributed by atoms with Crippen LogP contribution in [0.3, 0.4) is 0 Å². The predicted octanol–water partition coefficient (Wildman–Crippen LogP) is 5.49. The van der Waals surface area contributed by atoms with Crippen molar-refractivity contribution in [3.63, 3.8) is 0 Å². The molecule has 2 amide bonds. The Labute approximate surface area is 196 Å². The van der Waals surface area contributed by atoms with Gasteiger partial charge in [0.15, 0.2) is 6.10 Å². The number of nitrogens with one attached hydrogen (secondary N) is 1. The van der Waals surface area contributed by atoms with E-state index in [0.29, 0.717) is 42.6 Å². The van der Waals surface area contributed by atoms with Gasteiger partial charge < -0.3 is 19.7 Å². The van der Waals surface area contributed by atoms with Crippen molar-refractivity contribution in [2.24, 2.45) is 5.92 Å². The van der Waals surface area contributed by atoms with E-state index in [4.69, 9.17) is 9.47 Å². The van der Waals surface area contributed by atoms with Crippen molar-refractivity contribution in [1.82, 2.24) is 0 Å². The van der Waals surface area contributed by atoms with E-state index in [1.165, 1.54) is 32.1 Å². The summed E-state index contributed by atoms with van der Waals surface area (Å²) < 4.78 is 11.7. The van der Waals surface area contributed by atoms with Crippen molar-refractivity contribution < 1.29 is 19.1 Å². The second-order valence-electron chi connectivity index (χ2n) is 9.19. The lowest BCUT2D eigenvalue weighted by molar-refractivity contribution is -0.125. The van der Waals surface area contributed by atoms with Gasteiger partial charge >= 0.3 is 0 Å². The highest BCUT2D eigenvalue weighted by atomic mass is 16.5. The van der Waals surface area contributed by atoms with E-state index < -0.39 is 6.10 Å². The Morgan fingerprint density at radius 3 is 2.76 bits per heavy atom. The van der Waals surface area contributed by atoms with Gasteiger partial charge in [-0.2, -0.15) is 0 Å². The molecule has 0 saturated heterocycles. The van der Waals surface area contributed by atoms with Crippen LogP contribution in [0, 0.1) is 12.8 Å². The molecular formula is C27H34N2O4. The number of carbonyl (C=O) groups is 2. The number of carbonyl (C=O) groups excluding carboxylic acids is 2. The Hall–Kier alpha value is -3.02. The molecule has 1 N–H and O–H groups in total. The van der Waals surface area contributed by atoms with Gasteiger partial charge in [-0.05, 0) is 62.1 Å². The monoisotopic (exact) mass is 450 g/mol. The summed E-state index contributed by atoms with van der Waals surface area (Å²) in [5, 5.41) is 3.00. The minimum absolute atomic E-state index is 0.0197. The largest absolute Gasteiger partial charge is 0.492 e. The summed E-state index contributed by atoms with van der Waals surface area (Å²) in [5.74, 6) is 1.99. The van der Waals surface area contributed by atoms with E-state index >= 15 is 0 Å². The summed E-state index contributed by atoms with van der Waals surface area (Å²) in [6.07, 6.45) is 7.28. The number of ether oxygens (including phenoxy) is 2. The van der Waals surface area contributed by atoms with Crippen molar-refractivity contribution in [2.75, 3.05) is 23.4 Å². The summed E-state index contributed by atoms with van der Waals surface area (Å²) in [6.45, 7) is 4.52. The zero-order chi connectivity index (χ0) is 23.2. The van der Waals surface area contributed by atoms with Gasteiger partial charge in [0.25, 0.3) is 5.91 Å². The Morgan fingerprint density at radius 1 is 1.15 bits per heavy atom. The van der Waals surface area contributed by atoms with Crippen molar-refractivity contribution in [2.45, 2.75) is 64.9 Å². The molecule has 33 heavy (non-hydrogen) atoms. The number of nitrogens with zero attached hydrogens (tertiary/aromatic N) is 1. The van der Waals surface area contributed by atoms with Gasteiger partial charge in [0.1, 0.15) is 18.1 Å². The molecule has 2 aromatic carbocycles. The minimum atomic E-state index is -0.563. The molecule has 176 valence electrons. The van der Waals surface area contributed by atoms with Crippen LogP contribution in [-0.4, -0.2) is 31.1 Å². The van der Waals surface area contributed by atoms with Gasteiger partial charge in [0.2, 0.25) is 5.91 Å². The molecule has 0 aromatic heterocycles. The van der Waals surface area contributed by atoms with E-state index in [2.05, 4.69) is 5.32 Å². The number of rotatable bonds is 8. The van der Waals surface area contributed by atoms with E-state index in [1.807, 2.05) is 49.4 Å². The molecule has 2 aromatic rings. The van der Waals surface area contributed by atoms with Gasteiger partial charge in [0, 0.05) is 12.1 Å². The molecule has 1 unspecified atom stereocenters. The fraction of sp³-hybridized carbons (Fsp3) is 0.481. The summed E-state index contributed by atoms with van der Waals surface area (Å²) in [7, 11) is 0. The standard InChI is InChI=1S/C27H34N2O4/c1-19-7-6-10-23(17-19)32-16-15-29-24-18-22(12-13-25(24)33-20(2)27(29)31)28-26(30)14-11-21-8-4-3-5-9-21/h6-7,10,12-13,17-18,20-21H,3-5,8-9,11,14-16H2,1-2H3,(H,28,30). The first-order chi connectivity index (χ1) is 16.0. The number of aryl methyl sites for hydroxylation is 1. The van der Waals surface area contributed by atoms with Gasteiger partial charge in [0.05, 0.1) is 12.2 Å². The molecule has 6 heteroatoms. The summed E-state index contributed by atoms with van der Waals surface area (Å²) in [6, 6.07) is 13.3. The SMILES string of the molecule is Cc1cccc(OCCN2C(=O)C(C)Oc3ccc(NC(=O)CCC4CCCCC4)cc32)c1. The maximum Gasteiger partial charge on any atom is 0.267 e. The second-order valence-corrected chi connectivity index (χ2v) is 9.19. The number of benzene rings is 2. The minimum Gasteiger partial charge on any atom is -0.492 e. The average molecular weight is 451 g/mol. The van der Waals surface area contributed by atoms with Crippen LogP contribution in [0.5, 0.6) is 11.5 Å². The molecule has 0 radical (unpaired) electrons. The van der Waals surface area contributed by atoms with Crippen LogP contribution < -0.4 is 19.7 Å². The fourth-order valence-corrected chi connectivity index (χ4v) is 4.71. The third-order valence-electron chi connectivity index (χ3n) is 6.53. The van der Waals surface area contributed by atoms with Crippen LogP contribution in [0.4, 0.5) is 11.4 Å². The van der Waals surface area contributed by atoms with Crippen molar-refractivity contribution in [3.8, 4) is 11.5 Å². The highest BCUT2D eigenvalue weighted by Crippen LogP contribution is 2.36. The number of hydrogen-bond acceptors (Lipinski definition) is 4. The van der Waals surface area contributed by atoms with Crippen LogP contribution in [-0.2, 0) is 9.59 Å². The summed E-state index contributed by atoms with van der Waals surface area (Å²) in [4.78, 5) is 27.1. The van der Waals surface area contributed by atoms with Crippen molar-refractivity contribution in [3.05, 3.63) is 48.0 Å². The van der Waals surface area contributed by atoms with Gasteiger partial charge in [-0.15, -0.1) is 0 Å². The normalized spacial score (nSPS) is 18.4. The van der Waals surface area contributed by atoms with Crippen LogP contribution in [0.15, 0.2) is 42.5 Å². The first kappa shape index (κ1) is 23.1. The first-order valence-corrected chi connectivity index (χ1v) is 12.1. The molecule has 1 atom stereocenters. The topological polar surface area (TPSA) is 67.9 Å². The molecule has 6 nitrogen and oxygen atoms in total. The van der Waals surface area contributed by atoms with E-state index in [1.54, 1.807) is 11.8 Å². The smallest absolute Gasteiger partial charge is 0.267 e. The number of hydrogen-bond donors (Lipinski definition) is 1. The molecule has 1 fully saturated rings. The summed E-state index contributed by atoms with van der Waals surface area (Å²) >= 11 is 0.